The highest BCUT2D eigenvalue weighted by Gasteiger charge is 2.29. The van der Waals surface area contributed by atoms with Crippen molar-refractivity contribution in [2.45, 2.75) is 105 Å². The highest BCUT2D eigenvalue weighted by Crippen LogP contribution is 2.11. The second-order valence-corrected chi connectivity index (χ2v) is 9.80. The number of carbonyl (C=O) groups excluding carboxylic acids is 3. The van der Waals surface area contributed by atoms with Gasteiger partial charge in [-0.05, 0) is 68.7 Å². The third-order valence-electron chi connectivity index (χ3n) is 3.19. The van der Waals surface area contributed by atoms with E-state index in [9.17, 15) is 14.4 Å². The Balaban J connectivity index is 5.22. The minimum Gasteiger partial charge on any atom is -0.444 e. The smallest absolute Gasteiger partial charge is 0.408 e. The molecule has 29 heavy (non-hydrogen) atoms. The van der Waals surface area contributed by atoms with Crippen LogP contribution in [0.5, 0.6) is 0 Å². The van der Waals surface area contributed by atoms with Crippen LogP contribution in [0, 0.1) is 0 Å². The van der Waals surface area contributed by atoms with E-state index in [0.29, 0.717) is 6.42 Å². The molecular weight excluding hydrogens is 378 g/mol. The van der Waals surface area contributed by atoms with E-state index >= 15 is 0 Å². The predicted octanol–water partition coefficient (Wildman–Crippen LogP) is 3.71. The van der Waals surface area contributed by atoms with Gasteiger partial charge in [0.1, 0.15) is 16.8 Å². The Morgan fingerprint density at radius 2 is 1.00 bits per heavy atom. The van der Waals surface area contributed by atoms with Gasteiger partial charge in [-0.3, -0.25) is 0 Å². The van der Waals surface area contributed by atoms with Crippen molar-refractivity contribution in [3.63, 3.8) is 0 Å². The Labute approximate surface area is 174 Å². The average molecular weight is 418 g/mol. The Hall–Kier alpha value is -2.19. The molecule has 0 fully saturated rings. The summed E-state index contributed by atoms with van der Waals surface area (Å²) in [6.07, 6.45) is -1.41. The van der Waals surface area contributed by atoms with Gasteiger partial charge in [-0.15, -0.1) is 0 Å². The summed E-state index contributed by atoms with van der Waals surface area (Å²) >= 11 is 0. The van der Waals surface area contributed by atoms with E-state index in [2.05, 4.69) is 16.0 Å². The molecule has 0 aromatic rings. The van der Waals surface area contributed by atoms with E-state index in [0.717, 1.165) is 0 Å². The molecule has 0 aromatic carbocycles. The van der Waals surface area contributed by atoms with Crippen molar-refractivity contribution in [2.24, 2.45) is 0 Å². The van der Waals surface area contributed by atoms with Crippen molar-refractivity contribution in [1.29, 1.82) is 0 Å². The van der Waals surface area contributed by atoms with Crippen molar-refractivity contribution in [2.75, 3.05) is 6.54 Å². The van der Waals surface area contributed by atoms with Gasteiger partial charge in [0.15, 0.2) is 0 Å². The van der Waals surface area contributed by atoms with Crippen molar-refractivity contribution in [1.82, 2.24) is 16.0 Å². The summed E-state index contributed by atoms with van der Waals surface area (Å²) in [6.45, 7) is 17.6. The third-order valence-corrected chi connectivity index (χ3v) is 3.19. The summed E-state index contributed by atoms with van der Waals surface area (Å²) < 4.78 is 15.8. The number of hydrogen-bond acceptors (Lipinski definition) is 6. The van der Waals surface area contributed by atoms with Crippen LogP contribution >= 0.6 is 0 Å². The van der Waals surface area contributed by atoms with Crippen molar-refractivity contribution >= 4 is 18.3 Å². The fourth-order valence-corrected chi connectivity index (χ4v) is 2.21. The van der Waals surface area contributed by atoms with Crippen LogP contribution in [0.4, 0.5) is 14.4 Å². The van der Waals surface area contributed by atoms with Gasteiger partial charge in [-0.1, -0.05) is 6.92 Å². The average Bonchev–Trinajstić information content (AvgIpc) is 2.43. The van der Waals surface area contributed by atoms with Gasteiger partial charge in [-0.2, -0.15) is 0 Å². The Morgan fingerprint density at radius 1 is 0.655 bits per heavy atom. The lowest BCUT2D eigenvalue weighted by molar-refractivity contribution is 0.0409. The maximum absolute atomic E-state index is 12.3. The molecule has 0 aliphatic heterocycles. The van der Waals surface area contributed by atoms with Crippen LogP contribution in [0.25, 0.3) is 0 Å². The molecule has 0 saturated heterocycles. The summed E-state index contributed by atoms with van der Waals surface area (Å²) in [7, 11) is 0. The van der Waals surface area contributed by atoms with Gasteiger partial charge in [0.25, 0.3) is 0 Å². The molecule has 2 atom stereocenters. The number of alkyl carbamates (subject to hydrolysis) is 3. The Bertz CT molecular complexity index is 558. The van der Waals surface area contributed by atoms with Crippen LogP contribution < -0.4 is 16.0 Å². The molecule has 0 saturated carbocycles. The second-order valence-electron chi connectivity index (χ2n) is 9.80. The number of rotatable bonds is 6. The number of amides is 3. The third kappa shape index (κ3) is 14.5. The second kappa shape index (κ2) is 10.5. The van der Waals surface area contributed by atoms with Crippen LogP contribution in [0.3, 0.4) is 0 Å². The van der Waals surface area contributed by atoms with Crippen molar-refractivity contribution < 1.29 is 28.6 Å². The summed E-state index contributed by atoms with van der Waals surface area (Å²) in [4.78, 5) is 36.4. The minimum absolute atomic E-state index is 0.0302. The zero-order chi connectivity index (χ0) is 23.0. The molecule has 3 amide bonds. The molecule has 0 bridgehead atoms. The number of ether oxygens (including phenoxy) is 3. The number of carbonyl (C=O) groups is 3. The van der Waals surface area contributed by atoms with Crippen LogP contribution in [0.1, 0.15) is 75.7 Å². The lowest BCUT2D eigenvalue weighted by atomic mass is 10.1. The van der Waals surface area contributed by atoms with Gasteiger partial charge in [0.2, 0.25) is 0 Å². The van der Waals surface area contributed by atoms with E-state index in [1.807, 2.05) is 6.92 Å². The monoisotopic (exact) mass is 417 g/mol. The molecule has 0 rings (SSSR count). The Morgan fingerprint density at radius 3 is 1.34 bits per heavy atom. The summed E-state index contributed by atoms with van der Waals surface area (Å²) in [5.41, 5.74) is -2.00. The molecule has 0 aliphatic rings. The summed E-state index contributed by atoms with van der Waals surface area (Å²) in [5.74, 6) is 0. The molecule has 3 N–H and O–H groups in total. The van der Waals surface area contributed by atoms with Gasteiger partial charge >= 0.3 is 18.3 Å². The first-order valence-electron chi connectivity index (χ1n) is 9.87. The molecule has 9 heteroatoms. The number of nitrogens with one attached hydrogen (secondary N) is 3. The first-order chi connectivity index (χ1) is 12.9. The normalized spacial score (nSPS) is 14.3. The topological polar surface area (TPSA) is 115 Å². The summed E-state index contributed by atoms with van der Waals surface area (Å²) in [6, 6.07) is -1.15. The van der Waals surface area contributed by atoms with Gasteiger partial charge in [-0.25, -0.2) is 14.4 Å². The SMILES string of the molecule is CCC(NC(=O)OC(C)(C)C)C(CNC(=O)OC(C)(C)C)NC(=O)OC(C)(C)C. The molecule has 9 nitrogen and oxygen atoms in total. The highest BCUT2D eigenvalue weighted by atomic mass is 16.6. The van der Waals surface area contributed by atoms with Crippen molar-refractivity contribution in [3.8, 4) is 0 Å². The van der Waals surface area contributed by atoms with E-state index in [4.69, 9.17) is 14.2 Å². The largest absolute Gasteiger partial charge is 0.444 e. The van der Waals surface area contributed by atoms with Crippen LogP contribution in [0.15, 0.2) is 0 Å². The van der Waals surface area contributed by atoms with Gasteiger partial charge < -0.3 is 30.2 Å². The zero-order valence-electron chi connectivity index (χ0n) is 19.5. The molecule has 0 spiro atoms. The number of hydrogen-bond donors (Lipinski definition) is 3. The van der Waals surface area contributed by atoms with E-state index in [1.54, 1.807) is 62.3 Å². The summed E-state index contributed by atoms with van der Waals surface area (Å²) in [5, 5.41) is 8.07. The predicted molar refractivity (Wildman–Crippen MR) is 111 cm³/mol. The lowest BCUT2D eigenvalue weighted by Gasteiger charge is -2.31. The molecule has 0 heterocycles. The molecular formula is C20H39N3O6. The zero-order valence-corrected chi connectivity index (χ0v) is 19.5. The Kier molecular flexibility index (Phi) is 9.75. The maximum atomic E-state index is 12.3. The molecule has 0 radical (unpaired) electrons. The van der Waals surface area contributed by atoms with E-state index in [1.165, 1.54) is 0 Å². The van der Waals surface area contributed by atoms with Gasteiger partial charge in [0, 0.05) is 6.54 Å². The molecule has 0 aromatic heterocycles. The standard InChI is InChI=1S/C20H39N3O6/c1-11-13(22-16(25)28-19(5,6)7)14(23-17(26)29-20(8,9)10)12-21-15(24)27-18(2,3)4/h13-14H,11-12H2,1-10H3,(H,21,24)(H,22,25)(H,23,26). The van der Waals surface area contributed by atoms with E-state index in [-0.39, 0.29) is 6.54 Å². The van der Waals surface area contributed by atoms with E-state index < -0.39 is 47.2 Å². The lowest BCUT2D eigenvalue weighted by Crippen LogP contribution is -2.57. The maximum Gasteiger partial charge on any atom is 0.408 e. The quantitative estimate of drug-likeness (QED) is 0.568. The molecule has 0 aliphatic carbocycles. The fraction of sp³-hybridized carbons (Fsp3) is 0.850. The minimum atomic E-state index is -0.687. The highest BCUT2D eigenvalue weighted by molar-refractivity contribution is 5.71. The van der Waals surface area contributed by atoms with Gasteiger partial charge in [0.05, 0.1) is 12.1 Å². The van der Waals surface area contributed by atoms with Crippen molar-refractivity contribution in [3.05, 3.63) is 0 Å². The first kappa shape index (κ1) is 26.8. The van der Waals surface area contributed by atoms with Crippen LogP contribution in [-0.2, 0) is 14.2 Å². The van der Waals surface area contributed by atoms with Crippen LogP contribution in [0.2, 0.25) is 0 Å². The molecule has 170 valence electrons. The fourth-order valence-electron chi connectivity index (χ4n) is 2.21. The first-order valence-corrected chi connectivity index (χ1v) is 9.87. The van der Waals surface area contributed by atoms with Crippen LogP contribution in [-0.4, -0.2) is 53.7 Å². The molecule has 2 unspecified atom stereocenters.